The molecule has 3 aromatic carbocycles. The lowest BCUT2D eigenvalue weighted by Crippen LogP contribution is -2.46. The van der Waals surface area contributed by atoms with E-state index in [1.807, 2.05) is 31.2 Å². The highest BCUT2D eigenvalue weighted by atomic mass is 19.1. The zero-order chi connectivity index (χ0) is 29.5. The van der Waals surface area contributed by atoms with Crippen LogP contribution in [-0.4, -0.2) is 47.6 Å². The fourth-order valence-electron chi connectivity index (χ4n) is 4.68. The van der Waals surface area contributed by atoms with Gasteiger partial charge < -0.3 is 25.1 Å². The molecule has 0 aliphatic carbocycles. The number of carbonyl (C=O) groups is 2. The van der Waals surface area contributed by atoms with Crippen molar-refractivity contribution in [2.75, 3.05) is 18.5 Å². The largest absolute Gasteiger partial charge is 0.459 e. The number of carbonyl (C=O) groups excluding carboxylic acids is 2. The highest BCUT2D eigenvalue weighted by Crippen LogP contribution is 2.24. The van der Waals surface area contributed by atoms with Crippen LogP contribution in [0.3, 0.4) is 0 Å². The predicted octanol–water partition coefficient (Wildman–Crippen LogP) is 4.97. The highest BCUT2D eigenvalue weighted by molar-refractivity contribution is 6.09. The lowest BCUT2D eigenvalue weighted by Gasteiger charge is -2.30. The van der Waals surface area contributed by atoms with Crippen LogP contribution in [0.2, 0.25) is 0 Å². The van der Waals surface area contributed by atoms with Crippen molar-refractivity contribution in [2.24, 2.45) is 5.73 Å². The van der Waals surface area contributed by atoms with Gasteiger partial charge in [-0.3, -0.25) is 9.59 Å². The van der Waals surface area contributed by atoms with Gasteiger partial charge in [-0.1, -0.05) is 43.3 Å². The number of halogens is 2. The van der Waals surface area contributed by atoms with E-state index in [4.69, 9.17) is 10.2 Å². The standard InChI is InChI=1S/C32H33F2N3O4/c1-3-21-8-6-9-22(14-21)19-37(20-29(38)27(35)17-23-15-24(33)18-25(34)16-23)31(39)26-10-4-5-11-28(26)36(2)32(40)30-12-7-13-41-30/h4-16,18,27,29,38H,3,17,19-20,35H2,1-2H3/t27-,29+/m0/s1. The second-order valence-electron chi connectivity index (χ2n) is 9.93. The topological polar surface area (TPSA) is 100 Å². The minimum Gasteiger partial charge on any atom is -0.459 e. The molecule has 0 aliphatic heterocycles. The maximum Gasteiger partial charge on any atom is 0.293 e. The number of aliphatic hydroxyl groups is 1. The van der Waals surface area contributed by atoms with Gasteiger partial charge in [-0.15, -0.1) is 0 Å². The Labute approximate surface area is 237 Å². The van der Waals surface area contributed by atoms with E-state index in [0.29, 0.717) is 11.3 Å². The first kappa shape index (κ1) is 29.6. The van der Waals surface area contributed by atoms with Gasteiger partial charge in [-0.05, 0) is 65.9 Å². The lowest BCUT2D eigenvalue weighted by molar-refractivity contribution is 0.0555. The van der Waals surface area contributed by atoms with E-state index in [1.165, 1.54) is 16.1 Å². The molecule has 1 heterocycles. The molecule has 1 aromatic heterocycles. The first-order valence-corrected chi connectivity index (χ1v) is 13.3. The molecular formula is C32H33F2N3O4. The number of anilines is 1. The van der Waals surface area contributed by atoms with Crippen LogP contribution in [0.15, 0.2) is 89.5 Å². The summed E-state index contributed by atoms with van der Waals surface area (Å²) in [6.07, 6.45) is 0.990. The first-order chi connectivity index (χ1) is 19.7. The minimum absolute atomic E-state index is 0.000169. The maximum atomic E-state index is 14.1. The normalized spacial score (nSPS) is 12.5. The lowest BCUT2D eigenvalue weighted by atomic mass is 10.0. The number of nitrogens with zero attached hydrogens (tertiary/aromatic N) is 2. The Hall–Kier alpha value is -4.34. The first-order valence-electron chi connectivity index (χ1n) is 13.3. The molecule has 2 amide bonds. The van der Waals surface area contributed by atoms with Crippen LogP contribution in [0.25, 0.3) is 0 Å². The number of rotatable bonds is 11. The van der Waals surface area contributed by atoms with E-state index in [2.05, 4.69) is 0 Å². The summed E-state index contributed by atoms with van der Waals surface area (Å²) in [7, 11) is 1.55. The molecule has 9 heteroatoms. The molecule has 0 saturated carbocycles. The summed E-state index contributed by atoms with van der Waals surface area (Å²) in [5, 5.41) is 11.1. The molecule has 0 spiro atoms. The number of aliphatic hydroxyl groups excluding tert-OH is 1. The van der Waals surface area contributed by atoms with E-state index in [9.17, 15) is 23.5 Å². The van der Waals surface area contributed by atoms with Gasteiger partial charge >= 0.3 is 0 Å². The zero-order valence-electron chi connectivity index (χ0n) is 23.0. The van der Waals surface area contributed by atoms with Crippen molar-refractivity contribution in [3.8, 4) is 0 Å². The molecule has 0 radical (unpaired) electrons. The van der Waals surface area contributed by atoms with Crippen molar-refractivity contribution in [2.45, 2.75) is 38.5 Å². The van der Waals surface area contributed by atoms with E-state index < -0.39 is 35.6 Å². The molecule has 214 valence electrons. The van der Waals surface area contributed by atoms with Crippen molar-refractivity contribution < 1.29 is 27.9 Å². The third kappa shape index (κ3) is 7.45. The average Bonchev–Trinajstić information content (AvgIpc) is 3.50. The number of amides is 2. The monoisotopic (exact) mass is 561 g/mol. The van der Waals surface area contributed by atoms with E-state index >= 15 is 0 Å². The summed E-state index contributed by atoms with van der Waals surface area (Å²) in [5.74, 6) is -2.21. The minimum atomic E-state index is -1.21. The Morgan fingerprint density at radius 1 is 0.902 bits per heavy atom. The molecule has 2 atom stereocenters. The van der Waals surface area contributed by atoms with Crippen LogP contribution in [-0.2, 0) is 19.4 Å². The molecule has 0 bridgehead atoms. The highest BCUT2D eigenvalue weighted by Gasteiger charge is 2.27. The molecule has 3 N–H and O–H groups in total. The van der Waals surface area contributed by atoms with Gasteiger partial charge in [0.1, 0.15) is 11.6 Å². The smallest absolute Gasteiger partial charge is 0.293 e. The summed E-state index contributed by atoms with van der Waals surface area (Å²) in [4.78, 5) is 29.9. The summed E-state index contributed by atoms with van der Waals surface area (Å²) < 4.78 is 32.7. The number of aryl methyl sites for hydroxylation is 1. The Balaban J connectivity index is 1.62. The Morgan fingerprint density at radius 3 is 2.29 bits per heavy atom. The van der Waals surface area contributed by atoms with E-state index in [-0.39, 0.29) is 30.8 Å². The quantitative estimate of drug-likeness (QED) is 0.269. The number of benzene rings is 3. The molecule has 4 rings (SSSR count). The van der Waals surface area contributed by atoms with Crippen molar-refractivity contribution in [3.05, 3.63) is 125 Å². The number of para-hydroxylation sites is 1. The average molecular weight is 562 g/mol. The molecule has 41 heavy (non-hydrogen) atoms. The molecule has 0 saturated heterocycles. The van der Waals surface area contributed by atoms with Crippen LogP contribution in [0.4, 0.5) is 14.5 Å². The Morgan fingerprint density at radius 2 is 1.61 bits per heavy atom. The van der Waals surface area contributed by atoms with Crippen molar-refractivity contribution in [1.29, 1.82) is 0 Å². The van der Waals surface area contributed by atoms with Crippen molar-refractivity contribution >= 4 is 17.5 Å². The second kappa shape index (κ2) is 13.3. The fraction of sp³-hybridized carbons (Fsp3) is 0.250. The summed E-state index contributed by atoms with van der Waals surface area (Å²) >= 11 is 0. The predicted molar refractivity (Wildman–Crippen MR) is 152 cm³/mol. The maximum absolute atomic E-state index is 14.1. The third-order valence-corrected chi connectivity index (χ3v) is 6.89. The molecule has 0 fully saturated rings. The summed E-state index contributed by atoms with van der Waals surface area (Å²) in [6, 6.07) is 19.8. The number of furan rings is 1. The van der Waals surface area contributed by atoms with Crippen LogP contribution in [0.1, 0.15) is 44.5 Å². The van der Waals surface area contributed by atoms with Gasteiger partial charge in [0.15, 0.2) is 5.76 Å². The fourth-order valence-corrected chi connectivity index (χ4v) is 4.68. The van der Waals surface area contributed by atoms with Gasteiger partial charge in [0.25, 0.3) is 11.8 Å². The zero-order valence-corrected chi connectivity index (χ0v) is 23.0. The second-order valence-corrected chi connectivity index (χ2v) is 9.93. The summed E-state index contributed by atoms with van der Waals surface area (Å²) in [6.45, 7) is 2.04. The van der Waals surface area contributed by atoms with Crippen LogP contribution in [0.5, 0.6) is 0 Å². The van der Waals surface area contributed by atoms with E-state index in [1.54, 1.807) is 43.4 Å². The van der Waals surface area contributed by atoms with Gasteiger partial charge in [0.2, 0.25) is 0 Å². The number of hydrogen-bond donors (Lipinski definition) is 2. The number of nitrogens with two attached hydrogens (primary N) is 1. The van der Waals surface area contributed by atoms with Gasteiger partial charge in [0, 0.05) is 32.2 Å². The van der Waals surface area contributed by atoms with Gasteiger partial charge in [-0.25, -0.2) is 8.78 Å². The molecule has 7 nitrogen and oxygen atoms in total. The van der Waals surface area contributed by atoms with Crippen molar-refractivity contribution in [1.82, 2.24) is 4.90 Å². The Bertz CT molecular complexity index is 1470. The van der Waals surface area contributed by atoms with E-state index in [0.717, 1.165) is 35.7 Å². The van der Waals surface area contributed by atoms with Crippen LogP contribution >= 0.6 is 0 Å². The molecule has 4 aromatic rings. The van der Waals surface area contributed by atoms with Crippen LogP contribution < -0.4 is 10.6 Å². The molecular weight excluding hydrogens is 528 g/mol. The SMILES string of the molecule is CCc1cccc(CN(C[C@@H](O)[C@@H](N)Cc2cc(F)cc(F)c2)C(=O)c2ccccc2N(C)C(=O)c2ccco2)c1. The molecule has 0 aliphatic rings. The number of hydrogen-bond acceptors (Lipinski definition) is 5. The Kier molecular flexibility index (Phi) is 9.65. The molecule has 0 unspecified atom stereocenters. The third-order valence-electron chi connectivity index (χ3n) is 6.89. The van der Waals surface area contributed by atoms with Crippen LogP contribution in [0, 0.1) is 11.6 Å². The van der Waals surface area contributed by atoms with Gasteiger partial charge in [-0.2, -0.15) is 0 Å². The van der Waals surface area contributed by atoms with Gasteiger partial charge in [0.05, 0.1) is 23.6 Å². The van der Waals surface area contributed by atoms with Crippen molar-refractivity contribution in [3.63, 3.8) is 0 Å². The summed E-state index contributed by atoms with van der Waals surface area (Å²) in [5.41, 5.74) is 9.09.